The molecule has 6 rings (SSSR count). The molecule has 6 heteroatoms. The van der Waals surface area contributed by atoms with Gasteiger partial charge in [-0.2, -0.15) is 0 Å². The third-order valence-corrected chi connectivity index (χ3v) is 13.3. The molecule has 1 aromatic carbocycles. The number of benzene rings is 1. The number of ether oxygens (including phenoxy) is 1. The van der Waals surface area contributed by atoms with Gasteiger partial charge >= 0.3 is 6.09 Å². The van der Waals surface area contributed by atoms with Crippen molar-refractivity contribution in [2.24, 2.45) is 29.1 Å². The van der Waals surface area contributed by atoms with Crippen LogP contribution in [-0.2, 0) is 11.2 Å². The van der Waals surface area contributed by atoms with E-state index < -0.39 is 17.1 Å². The van der Waals surface area contributed by atoms with E-state index in [-0.39, 0.29) is 36.4 Å². The van der Waals surface area contributed by atoms with Crippen LogP contribution < -0.4 is 0 Å². The Labute approximate surface area is 297 Å². The Hall–Kier alpha value is -2.18. The highest BCUT2D eigenvalue weighted by molar-refractivity contribution is 5.99. The summed E-state index contributed by atoms with van der Waals surface area (Å²) in [6.45, 7) is 14.0. The van der Waals surface area contributed by atoms with Crippen molar-refractivity contribution in [3.63, 3.8) is 0 Å². The minimum Gasteiger partial charge on any atom is -0.446 e. The molecular formula is C43H67NO5. The number of carbonyl (C=O) groups excluding carboxylic acids is 2. The summed E-state index contributed by atoms with van der Waals surface area (Å²) in [6.07, 6.45) is 15.6. The lowest BCUT2D eigenvalue weighted by Crippen LogP contribution is -2.54. The maximum atomic E-state index is 14.4. The standard InChI is InChI=1S/C43H67NO5/c1-7-24-44(41(47)49-39-25-31(5)16-19-35(39)29(2)3)28-43(48)23-21-38-36-20-17-32(27-37(36)40(46)33-13-9-8-10-14-33)26-34(45)18-15-30(4)12-11-22-42(38,43)6/h12,17,20,27,29,31,33-35,38-39,45,48H,7-11,13-16,18-19,21-26,28H2,1-6H3/t31-,34-,35+,38-,39-,42-,43+/m0/s1. The number of aliphatic hydroxyl groups excluding tert-OH is 1. The van der Waals surface area contributed by atoms with Gasteiger partial charge in [0.1, 0.15) is 6.10 Å². The molecule has 0 heterocycles. The number of carbonyl (C=O) groups is 2. The van der Waals surface area contributed by atoms with Crippen molar-refractivity contribution in [3.8, 4) is 0 Å². The highest BCUT2D eigenvalue weighted by atomic mass is 16.6. The third-order valence-electron chi connectivity index (χ3n) is 13.3. The summed E-state index contributed by atoms with van der Waals surface area (Å²) < 4.78 is 6.37. The summed E-state index contributed by atoms with van der Waals surface area (Å²) in [6, 6.07) is 6.34. The minimum absolute atomic E-state index is 0.0281. The molecule has 1 aromatic rings. The van der Waals surface area contributed by atoms with Gasteiger partial charge in [0.2, 0.25) is 0 Å². The summed E-state index contributed by atoms with van der Waals surface area (Å²) in [7, 11) is 0. The van der Waals surface area contributed by atoms with Gasteiger partial charge in [0.25, 0.3) is 0 Å². The highest BCUT2D eigenvalue weighted by Gasteiger charge is 2.58. The predicted molar refractivity (Wildman–Crippen MR) is 198 cm³/mol. The number of hydrogen-bond donors (Lipinski definition) is 2. The molecule has 274 valence electrons. The zero-order chi connectivity index (χ0) is 35.3. The molecule has 49 heavy (non-hydrogen) atoms. The van der Waals surface area contributed by atoms with E-state index in [0.717, 1.165) is 87.3 Å². The summed E-state index contributed by atoms with van der Waals surface area (Å²) in [5.74, 6) is 1.59. The molecule has 0 unspecified atom stereocenters. The van der Waals surface area contributed by atoms with E-state index in [9.17, 15) is 19.8 Å². The fourth-order valence-electron chi connectivity index (χ4n) is 10.1. The van der Waals surface area contributed by atoms with E-state index in [4.69, 9.17) is 4.74 Å². The first-order chi connectivity index (χ1) is 23.3. The van der Waals surface area contributed by atoms with Crippen molar-refractivity contribution in [1.29, 1.82) is 0 Å². The van der Waals surface area contributed by atoms with Gasteiger partial charge in [-0.3, -0.25) is 4.79 Å². The minimum atomic E-state index is -1.14. The number of amides is 1. The van der Waals surface area contributed by atoms with Crippen LogP contribution in [0.5, 0.6) is 0 Å². The SMILES string of the molecule is CCCN(C[C@]1(O)CC[C@H]2c3ccc(cc3C(=O)C3CCCCC3)C[C@@H](O)CCC(C)=CCC[C@@]21C)C(=O)O[C@H]1C[C@@H](C)CC[C@@H]1C(C)C. The maximum absolute atomic E-state index is 14.4. The van der Waals surface area contributed by atoms with Gasteiger partial charge in [-0.05, 0) is 125 Å². The molecule has 2 N–H and O–H groups in total. The van der Waals surface area contributed by atoms with Crippen molar-refractivity contribution < 1.29 is 24.5 Å². The Kier molecular flexibility index (Phi) is 12.8. The number of aliphatic hydroxyl groups is 2. The maximum Gasteiger partial charge on any atom is 0.410 e. The third kappa shape index (κ3) is 8.66. The lowest BCUT2D eigenvalue weighted by Gasteiger charge is -2.46. The van der Waals surface area contributed by atoms with E-state index in [1.807, 2.05) is 0 Å². The van der Waals surface area contributed by atoms with Crippen LogP contribution in [0.3, 0.4) is 0 Å². The number of hydrogen-bond acceptors (Lipinski definition) is 5. The number of fused-ring (bicyclic) bond motifs is 8. The Morgan fingerprint density at radius 1 is 1.04 bits per heavy atom. The zero-order valence-electron chi connectivity index (χ0n) is 31.6. The van der Waals surface area contributed by atoms with Crippen LogP contribution in [0.1, 0.15) is 165 Å². The second kappa shape index (κ2) is 16.4. The molecule has 6 nitrogen and oxygen atoms in total. The van der Waals surface area contributed by atoms with E-state index in [2.05, 4.69) is 65.8 Å². The Morgan fingerprint density at radius 3 is 2.51 bits per heavy atom. The molecule has 0 aliphatic heterocycles. The number of nitrogens with zero attached hydrogens (tertiary/aromatic N) is 1. The first-order valence-electron chi connectivity index (χ1n) is 20.0. The molecule has 5 aliphatic carbocycles. The van der Waals surface area contributed by atoms with Gasteiger partial charge in [-0.25, -0.2) is 4.79 Å². The summed E-state index contributed by atoms with van der Waals surface area (Å²) >= 11 is 0. The smallest absolute Gasteiger partial charge is 0.410 e. The zero-order valence-corrected chi connectivity index (χ0v) is 31.6. The van der Waals surface area contributed by atoms with E-state index in [1.54, 1.807) is 4.90 Å². The summed E-state index contributed by atoms with van der Waals surface area (Å²) in [5.41, 5.74) is 2.42. The largest absolute Gasteiger partial charge is 0.446 e. The van der Waals surface area contributed by atoms with Crippen LogP contribution in [0.15, 0.2) is 29.8 Å². The highest BCUT2D eigenvalue weighted by Crippen LogP contribution is 2.59. The lowest BCUT2D eigenvalue weighted by atomic mass is 9.64. The molecule has 3 saturated carbocycles. The second-order valence-corrected chi connectivity index (χ2v) is 17.3. The van der Waals surface area contributed by atoms with E-state index in [1.165, 1.54) is 18.4 Å². The van der Waals surface area contributed by atoms with Crippen molar-refractivity contribution >= 4 is 11.9 Å². The van der Waals surface area contributed by atoms with Gasteiger partial charge in [0.15, 0.2) is 5.78 Å². The second-order valence-electron chi connectivity index (χ2n) is 17.3. The molecule has 0 aromatic heterocycles. The van der Waals surface area contributed by atoms with Crippen LogP contribution in [0.2, 0.25) is 0 Å². The molecule has 5 aliphatic rings. The van der Waals surface area contributed by atoms with Crippen LogP contribution in [0.4, 0.5) is 4.79 Å². The van der Waals surface area contributed by atoms with Crippen molar-refractivity contribution in [2.75, 3.05) is 13.1 Å². The van der Waals surface area contributed by atoms with Gasteiger partial charge in [0.05, 0.1) is 18.2 Å². The fourth-order valence-corrected chi connectivity index (χ4v) is 10.1. The molecular weight excluding hydrogens is 610 g/mol. The van der Waals surface area contributed by atoms with Crippen LogP contribution in [0, 0.1) is 29.1 Å². The van der Waals surface area contributed by atoms with Gasteiger partial charge < -0.3 is 19.8 Å². The molecule has 2 bridgehead atoms. The summed E-state index contributed by atoms with van der Waals surface area (Å²) in [4.78, 5) is 30.2. The topological polar surface area (TPSA) is 87.1 Å². The molecule has 1 amide bonds. The number of rotatable bonds is 8. The molecule has 0 spiro atoms. The average Bonchev–Trinajstić information content (AvgIpc) is 3.32. The van der Waals surface area contributed by atoms with Crippen molar-refractivity contribution in [1.82, 2.24) is 4.90 Å². The Bertz CT molecular complexity index is 1320. The van der Waals surface area contributed by atoms with Gasteiger partial charge in [0, 0.05) is 23.4 Å². The van der Waals surface area contributed by atoms with Crippen LogP contribution in [0.25, 0.3) is 0 Å². The quantitative estimate of drug-likeness (QED) is 0.211. The molecule has 7 atom stereocenters. The molecule has 3 fully saturated rings. The van der Waals surface area contributed by atoms with Gasteiger partial charge in [-0.1, -0.05) is 84.1 Å². The Morgan fingerprint density at radius 2 is 1.80 bits per heavy atom. The normalized spacial score (nSPS) is 33.1. The van der Waals surface area contributed by atoms with Crippen LogP contribution in [-0.4, -0.2) is 57.9 Å². The molecule has 0 saturated heterocycles. The fraction of sp³-hybridized carbons (Fsp3) is 0.767. The monoisotopic (exact) mass is 678 g/mol. The summed E-state index contributed by atoms with van der Waals surface area (Å²) in [5, 5.41) is 23.9. The average molecular weight is 678 g/mol. The van der Waals surface area contributed by atoms with Crippen molar-refractivity contribution in [3.05, 3.63) is 46.5 Å². The van der Waals surface area contributed by atoms with E-state index in [0.29, 0.717) is 43.6 Å². The lowest BCUT2D eigenvalue weighted by molar-refractivity contribution is -0.0863. The Balaban J connectivity index is 1.49. The van der Waals surface area contributed by atoms with Gasteiger partial charge in [-0.15, -0.1) is 0 Å². The van der Waals surface area contributed by atoms with Crippen molar-refractivity contribution in [2.45, 2.75) is 168 Å². The van der Waals surface area contributed by atoms with E-state index >= 15 is 0 Å². The first-order valence-corrected chi connectivity index (χ1v) is 20.0. The number of ketones is 1. The predicted octanol–water partition coefficient (Wildman–Crippen LogP) is 9.80. The molecule has 0 radical (unpaired) electrons. The first kappa shape index (κ1) is 38.1. The number of Topliss-reactive ketones (excluding diaryl/α,β-unsaturated/α-hetero) is 1. The van der Waals surface area contributed by atoms with Crippen LogP contribution >= 0.6 is 0 Å². The number of allylic oxidation sites excluding steroid dienone is 2.